The van der Waals surface area contributed by atoms with Crippen molar-refractivity contribution in [2.24, 2.45) is 0 Å². The van der Waals surface area contributed by atoms with Gasteiger partial charge in [-0.05, 0) is 35.7 Å². The number of halogens is 1. The number of hydrogen-bond acceptors (Lipinski definition) is 2. The zero-order chi connectivity index (χ0) is 13.6. The maximum absolute atomic E-state index is 11.7. The molecule has 1 aromatic heterocycles. The highest BCUT2D eigenvalue weighted by Gasteiger charge is 2.24. The van der Waals surface area contributed by atoms with Crippen molar-refractivity contribution in [3.63, 3.8) is 0 Å². The van der Waals surface area contributed by atoms with Crippen LogP contribution in [0.5, 0.6) is 0 Å². The zero-order valence-electron chi connectivity index (χ0n) is 10.8. The SMILES string of the molecule is Cc1c(Cl)cncc1-c1ccc2c(c1)CC(=O)N2C. The van der Waals surface area contributed by atoms with Crippen LogP contribution in [-0.4, -0.2) is 17.9 Å². The number of pyridine rings is 1. The van der Waals surface area contributed by atoms with E-state index in [1.165, 1.54) is 0 Å². The molecule has 0 fully saturated rings. The number of anilines is 1. The summed E-state index contributed by atoms with van der Waals surface area (Å²) in [5, 5.41) is 0.659. The molecule has 2 aromatic rings. The second-order valence-electron chi connectivity index (χ2n) is 4.77. The van der Waals surface area contributed by atoms with Gasteiger partial charge in [-0.15, -0.1) is 0 Å². The largest absolute Gasteiger partial charge is 0.315 e. The van der Waals surface area contributed by atoms with Crippen LogP contribution in [0.15, 0.2) is 30.6 Å². The molecule has 3 nitrogen and oxygen atoms in total. The van der Waals surface area contributed by atoms with E-state index >= 15 is 0 Å². The number of hydrogen-bond donors (Lipinski definition) is 0. The van der Waals surface area contributed by atoms with Crippen molar-refractivity contribution < 1.29 is 4.79 Å². The summed E-state index contributed by atoms with van der Waals surface area (Å²) in [6.07, 6.45) is 3.92. The summed E-state index contributed by atoms with van der Waals surface area (Å²) in [6.45, 7) is 1.98. The number of aromatic nitrogens is 1. The molecule has 0 bridgehead atoms. The van der Waals surface area contributed by atoms with E-state index in [4.69, 9.17) is 11.6 Å². The number of rotatable bonds is 1. The molecule has 1 aliphatic rings. The number of benzene rings is 1. The maximum Gasteiger partial charge on any atom is 0.231 e. The van der Waals surface area contributed by atoms with Crippen LogP contribution in [0.4, 0.5) is 5.69 Å². The summed E-state index contributed by atoms with van der Waals surface area (Å²) in [5.74, 6) is 0.132. The van der Waals surface area contributed by atoms with Crippen LogP contribution in [0.25, 0.3) is 11.1 Å². The fourth-order valence-corrected chi connectivity index (χ4v) is 2.59. The molecule has 4 heteroatoms. The van der Waals surface area contributed by atoms with Crippen molar-refractivity contribution in [1.29, 1.82) is 0 Å². The first-order valence-corrected chi connectivity index (χ1v) is 6.45. The van der Waals surface area contributed by atoms with Crippen LogP contribution in [0.3, 0.4) is 0 Å². The van der Waals surface area contributed by atoms with E-state index in [1.54, 1.807) is 18.1 Å². The smallest absolute Gasteiger partial charge is 0.231 e. The van der Waals surface area contributed by atoms with Gasteiger partial charge in [0.2, 0.25) is 5.91 Å². The molecule has 0 N–H and O–H groups in total. The molecule has 3 rings (SSSR count). The number of likely N-dealkylation sites (N-methyl/N-ethyl adjacent to an activating group) is 1. The van der Waals surface area contributed by atoms with Gasteiger partial charge in [-0.1, -0.05) is 17.7 Å². The molecule has 0 saturated carbocycles. The molecule has 19 heavy (non-hydrogen) atoms. The minimum Gasteiger partial charge on any atom is -0.315 e. The van der Waals surface area contributed by atoms with Crippen molar-refractivity contribution >= 4 is 23.2 Å². The third-order valence-corrected chi connectivity index (χ3v) is 4.00. The van der Waals surface area contributed by atoms with Gasteiger partial charge in [-0.3, -0.25) is 9.78 Å². The van der Waals surface area contributed by atoms with Gasteiger partial charge in [0.15, 0.2) is 0 Å². The first-order valence-electron chi connectivity index (χ1n) is 6.08. The maximum atomic E-state index is 11.7. The number of carbonyl (C=O) groups is 1. The van der Waals surface area contributed by atoms with Gasteiger partial charge in [-0.25, -0.2) is 0 Å². The topological polar surface area (TPSA) is 33.2 Å². The van der Waals surface area contributed by atoms with Crippen LogP contribution < -0.4 is 4.90 Å². The van der Waals surface area contributed by atoms with Crippen molar-refractivity contribution in [3.05, 3.63) is 46.7 Å². The summed E-state index contributed by atoms with van der Waals surface area (Å²) in [7, 11) is 1.81. The predicted octanol–water partition coefficient (Wildman–Crippen LogP) is 3.23. The molecule has 0 spiro atoms. The molecular weight excluding hydrogens is 260 g/mol. The van der Waals surface area contributed by atoms with E-state index in [1.807, 2.05) is 25.3 Å². The van der Waals surface area contributed by atoms with E-state index < -0.39 is 0 Å². The molecule has 0 unspecified atom stereocenters. The quantitative estimate of drug-likeness (QED) is 0.798. The fourth-order valence-electron chi connectivity index (χ4n) is 2.43. The lowest BCUT2D eigenvalue weighted by Crippen LogP contribution is -2.20. The number of nitrogens with zero attached hydrogens (tertiary/aromatic N) is 2. The first-order chi connectivity index (χ1) is 9.08. The lowest BCUT2D eigenvalue weighted by molar-refractivity contribution is -0.117. The zero-order valence-corrected chi connectivity index (χ0v) is 11.5. The fraction of sp³-hybridized carbons (Fsp3) is 0.200. The minimum absolute atomic E-state index is 0.132. The van der Waals surface area contributed by atoms with Crippen LogP contribution in [0.1, 0.15) is 11.1 Å². The Labute approximate surface area is 116 Å². The summed E-state index contributed by atoms with van der Waals surface area (Å²) >= 11 is 6.10. The monoisotopic (exact) mass is 272 g/mol. The molecule has 1 aromatic carbocycles. The van der Waals surface area contributed by atoms with Gasteiger partial charge in [-0.2, -0.15) is 0 Å². The van der Waals surface area contributed by atoms with Crippen molar-refractivity contribution in [2.45, 2.75) is 13.3 Å². The summed E-state index contributed by atoms with van der Waals surface area (Å²) in [4.78, 5) is 17.5. The summed E-state index contributed by atoms with van der Waals surface area (Å²) in [5.41, 5.74) is 5.12. The predicted molar refractivity (Wildman–Crippen MR) is 76.5 cm³/mol. The molecule has 0 atom stereocenters. The normalized spacial score (nSPS) is 13.8. The Morgan fingerprint density at radius 3 is 2.89 bits per heavy atom. The highest BCUT2D eigenvalue weighted by molar-refractivity contribution is 6.31. The van der Waals surface area contributed by atoms with Crippen molar-refractivity contribution in [3.8, 4) is 11.1 Å². The molecular formula is C15H13ClN2O. The third-order valence-electron chi connectivity index (χ3n) is 3.62. The highest BCUT2D eigenvalue weighted by atomic mass is 35.5. The van der Waals surface area contributed by atoms with E-state index in [9.17, 15) is 4.79 Å². The summed E-state index contributed by atoms with van der Waals surface area (Å²) < 4.78 is 0. The molecule has 0 radical (unpaired) electrons. The molecule has 0 saturated heterocycles. The van der Waals surface area contributed by atoms with E-state index in [0.717, 1.165) is 27.9 Å². The third kappa shape index (κ3) is 1.90. The minimum atomic E-state index is 0.132. The van der Waals surface area contributed by atoms with Gasteiger partial charge < -0.3 is 4.90 Å². The highest BCUT2D eigenvalue weighted by Crippen LogP contribution is 2.34. The summed E-state index contributed by atoms with van der Waals surface area (Å²) in [6, 6.07) is 6.04. The Hall–Kier alpha value is -1.87. The number of fused-ring (bicyclic) bond motifs is 1. The molecule has 1 aliphatic heterocycles. The molecule has 2 heterocycles. The van der Waals surface area contributed by atoms with Crippen molar-refractivity contribution in [2.75, 3.05) is 11.9 Å². The Morgan fingerprint density at radius 1 is 1.32 bits per heavy atom. The average molecular weight is 273 g/mol. The van der Waals surface area contributed by atoms with Crippen molar-refractivity contribution in [1.82, 2.24) is 4.98 Å². The Morgan fingerprint density at radius 2 is 2.11 bits per heavy atom. The molecule has 0 aliphatic carbocycles. The Bertz CT molecular complexity index is 682. The van der Waals surface area contributed by atoms with Gasteiger partial charge in [0.1, 0.15) is 0 Å². The second-order valence-corrected chi connectivity index (χ2v) is 5.17. The second kappa shape index (κ2) is 4.35. The van der Waals surface area contributed by atoms with E-state index in [-0.39, 0.29) is 5.91 Å². The lowest BCUT2D eigenvalue weighted by atomic mass is 10.00. The van der Waals surface area contributed by atoms with E-state index in [2.05, 4.69) is 11.1 Å². The average Bonchev–Trinajstić information content (AvgIpc) is 2.68. The number of amides is 1. The Balaban J connectivity index is 2.12. The van der Waals surface area contributed by atoms with Gasteiger partial charge in [0, 0.05) is 30.7 Å². The standard InChI is InChI=1S/C15H13ClN2O/c1-9-12(7-17-8-13(9)16)10-3-4-14-11(5-10)6-15(19)18(14)2/h3-5,7-8H,6H2,1-2H3. The van der Waals surface area contributed by atoms with Crippen LogP contribution >= 0.6 is 11.6 Å². The van der Waals surface area contributed by atoms with Crippen LogP contribution in [0, 0.1) is 6.92 Å². The van der Waals surface area contributed by atoms with Crippen LogP contribution in [-0.2, 0) is 11.2 Å². The first kappa shape index (κ1) is 12.2. The van der Waals surface area contributed by atoms with Gasteiger partial charge in [0.25, 0.3) is 0 Å². The molecule has 1 amide bonds. The Kier molecular flexibility index (Phi) is 2.79. The lowest BCUT2D eigenvalue weighted by Gasteiger charge is -2.11. The number of carbonyl (C=O) groups excluding carboxylic acids is 1. The van der Waals surface area contributed by atoms with Crippen LogP contribution in [0.2, 0.25) is 5.02 Å². The molecule has 96 valence electrons. The van der Waals surface area contributed by atoms with E-state index in [0.29, 0.717) is 11.4 Å². The van der Waals surface area contributed by atoms with Gasteiger partial charge in [0.05, 0.1) is 11.4 Å². The van der Waals surface area contributed by atoms with Gasteiger partial charge >= 0.3 is 0 Å².